The maximum Gasteiger partial charge on any atom is 0.255 e. The van der Waals surface area contributed by atoms with E-state index in [0.29, 0.717) is 11.3 Å². The first-order valence-electron chi connectivity index (χ1n) is 6.13. The highest BCUT2D eigenvalue weighted by Gasteiger charge is 2.12. The SMILES string of the molecule is COc1ccc(NC(=O)c2cc(N)c(Cl)c(Cl)c2)cc1C. The molecule has 0 heterocycles. The molecule has 0 unspecified atom stereocenters. The van der Waals surface area contributed by atoms with Crippen LogP contribution < -0.4 is 15.8 Å². The molecule has 0 aliphatic heterocycles. The number of hydrogen-bond acceptors (Lipinski definition) is 3. The van der Waals surface area contributed by atoms with Crippen molar-refractivity contribution in [2.24, 2.45) is 0 Å². The van der Waals surface area contributed by atoms with Crippen molar-refractivity contribution in [3.8, 4) is 5.75 Å². The highest BCUT2D eigenvalue weighted by molar-refractivity contribution is 6.44. The number of carbonyl (C=O) groups is 1. The Bertz CT molecular complexity index is 679. The van der Waals surface area contributed by atoms with E-state index < -0.39 is 0 Å². The van der Waals surface area contributed by atoms with Crippen LogP contribution in [0.4, 0.5) is 11.4 Å². The predicted molar refractivity (Wildman–Crippen MR) is 86.6 cm³/mol. The standard InChI is InChI=1S/C15H14Cl2N2O2/c1-8-5-10(3-4-13(8)21-2)19-15(20)9-6-11(16)14(17)12(18)7-9/h3-7H,18H2,1-2H3,(H,19,20). The molecule has 3 N–H and O–H groups in total. The fraction of sp³-hybridized carbons (Fsp3) is 0.133. The number of anilines is 2. The van der Waals surface area contributed by atoms with Gasteiger partial charge in [0.15, 0.2) is 0 Å². The van der Waals surface area contributed by atoms with Gasteiger partial charge in [-0.3, -0.25) is 4.79 Å². The molecule has 4 nitrogen and oxygen atoms in total. The molecule has 0 aliphatic rings. The number of carbonyl (C=O) groups excluding carboxylic acids is 1. The first-order chi connectivity index (χ1) is 9.92. The molecule has 0 spiro atoms. The van der Waals surface area contributed by atoms with Gasteiger partial charge in [0.05, 0.1) is 22.8 Å². The summed E-state index contributed by atoms with van der Waals surface area (Å²) in [5.41, 5.74) is 7.88. The van der Waals surface area contributed by atoms with Gasteiger partial charge >= 0.3 is 0 Å². The van der Waals surface area contributed by atoms with Crippen molar-refractivity contribution in [3.05, 3.63) is 51.5 Å². The highest BCUT2D eigenvalue weighted by atomic mass is 35.5. The highest BCUT2D eigenvalue weighted by Crippen LogP contribution is 2.30. The number of amides is 1. The summed E-state index contributed by atoms with van der Waals surface area (Å²) in [5, 5.41) is 3.26. The number of aryl methyl sites for hydroxylation is 1. The van der Waals surface area contributed by atoms with Gasteiger partial charge in [0, 0.05) is 11.3 Å². The third-order valence-corrected chi connectivity index (χ3v) is 3.79. The Hall–Kier alpha value is -1.91. The predicted octanol–water partition coefficient (Wildman–Crippen LogP) is 4.14. The minimum Gasteiger partial charge on any atom is -0.496 e. The maximum absolute atomic E-state index is 12.2. The Balaban J connectivity index is 2.24. The molecule has 6 heteroatoms. The normalized spacial score (nSPS) is 10.3. The molecule has 110 valence electrons. The van der Waals surface area contributed by atoms with Crippen molar-refractivity contribution in [2.75, 3.05) is 18.2 Å². The Kier molecular flexibility index (Phi) is 4.60. The van der Waals surface area contributed by atoms with Crippen molar-refractivity contribution >= 4 is 40.5 Å². The molecule has 0 atom stereocenters. The van der Waals surface area contributed by atoms with Crippen molar-refractivity contribution in [2.45, 2.75) is 6.92 Å². The number of nitrogens with two attached hydrogens (primary N) is 1. The third-order valence-electron chi connectivity index (χ3n) is 2.97. The van der Waals surface area contributed by atoms with Gasteiger partial charge in [0.25, 0.3) is 5.91 Å². The largest absolute Gasteiger partial charge is 0.496 e. The van der Waals surface area contributed by atoms with E-state index in [1.807, 2.05) is 13.0 Å². The second-order valence-electron chi connectivity index (χ2n) is 4.50. The van der Waals surface area contributed by atoms with Crippen LogP contribution >= 0.6 is 23.2 Å². The Morgan fingerprint density at radius 3 is 2.52 bits per heavy atom. The summed E-state index contributed by atoms with van der Waals surface area (Å²) in [7, 11) is 1.60. The first-order valence-corrected chi connectivity index (χ1v) is 6.88. The molecule has 0 aliphatic carbocycles. The molecule has 0 bridgehead atoms. The smallest absolute Gasteiger partial charge is 0.255 e. The van der Waals surface area contributed by atoms with Crippen LogP contribution in [0.25, 0.3) is 0 Å². The van der Waals surface area contributed by atoms with Crippen LogP contribution in [0.3, 0.4) is 0 Å². The molecule has 0 radical (unpaired) electrons. The van der Waals surface area contributed by atoms with Gasteiger partial charge in [0.2, 0.25) is 0 Å². The average Bonchev–Trinajstić information content (AvgIpc) is 2.44. The molecule has 0 saturated carbocycles. The van der Waals surface area contributed by atoms with Crippen molar-refractivity contribution < 1.29 is 9.53 Å². The number of ether oxygens (including phenoxy) is 1. The van der Waals surface area contributed by atoms with E-state index in [2.05, 4.69) is 5.32 Å². The van der Waals surface area contributed by atoms with Gasteiger partial charge in [-0.05, 0) is 42.8 Å². The van der Waals surface area contributed by atoms with Crippen LogP contribution in [0.2, 0.25) is 10.0 Å². The topological polar surface area (TPSA) is 64.3 Å². The van der Waals surface area contributed by atoms with Crippen molar-refractivity contribution in [1.29, 1.82) is 0 Å². The first kappa shape index (κ1) is 15.5. The summed E-state index contributed by atoms with van der Waals surface area (Å²) >= 11 is 11.8. The lowest BCUT2D eigenvalue weighted by Crippen LogP contribution is -2.12. The van der Waals surface area contributed by atoms with Crippen LogP contribution in [-0.4, -0.2) is 13.0 Å². The maximum atomic E-state index is 12.2. The molecule has 0 saturated heterocycles. The Morgan fingerprint density at radius 2 is 1.95 bits per heavy atom. The zero-order chi connectivity index (χ0) is 15.6. The van der Waals surface area contributed by atoms with E-state index in [4.69, 9.17) is 33.7 Å². The van der Waals surface area contributed by atoms with Gasteiger partial charge in [-0.2, -0.15) is 0 Å². The minimum absolute atomic E-state index is 0.243. The van der Waals surface area contributed by atoms with E-state index in [0.717, 1.165) is 11.3 Å². The second kappa shape index (κ2) is 6.24. The minimum atomic E-state index is -0.315. The van der Waals surface area contributed by atoms with Crippen LogP contribution in [0, 0.1) is 6.92 Å². The number of nitrogen functional groups attached to an aromatic ring is 1. The lowest BCUT2D eigenvalue weighted by atomic mass is 10.1. The van der Waals surface area contributed by atoms with Crippen molar-refractivity contribution in [1.82, 2.24) is 0 Å². The number of rotatable bonds is 3. The molecule has 2 aromatic carbocycles. The number of halogens is 2. The summed E-state index contributed by atoms with van der Waals surface area (Å²) in [4.78, 5) is 12.2. The zero-order valence-electron chi connectivity index (χ0n) is 11.5. The lowest BCUT2D eigenvalue weighted by Gasteiger charge is -2.10. The van der Waals surface area contributed by atoms with Crippen LogP contribution in [0.15, 0.2) is 30.3 Å². The van der Waals surface area contributed by atoms with E-state index in [-0.39, 0.29) is 21.6 Å². The molecule has 21 heavy (non-hydrogen) atoms. The van der Waals surface area contributed by atoms with Gasteiger partial charge in [-0.25, -0.2) is 0 Å². The molecular weight excluding hydrogens is 311 g/mol. The number of methoxy groups -OCH3 is 1. The molecule has 1 amide bonds. The average molecular weight is 325 g/mol. The van der Waals surface area contributed by atoms with Gasteiger partial charge in [-0.1, -0.05) is 23.2 Å². The van der Waals surface area contributed by atoms with Crippen LogP contribution in [-0.2, 0) is 0 Å². The summed E-state index contributed by atoms with van der Waals surface area (Å²) in [6, 6.07) is 8.32. The molecule has 0 fully saturated rings. The third kappa shape index (κ3) is 3.40. The molecule has 0 aromatic heterocycles. The molecule has 2 rings (SSSR count). The summed E-state index contributed by atoms with van der Waals surface area (Å²) in [6.45, 7) is 1.89. The number of hydrogen-bond donors (Lipinski definition) is 2. The second-order valence-corrected chi connectivity index (χ2v) is 5.28. The molecule has 2 aromatic rings. The monoisotopic (exact) mass is 324 g/mol. The summed E-state index contributed by atoms with van der Waals surface area (Å²) in [6.07, 6.45) is 0. The molecular formula is C15H14Cl2N2O2. The fourth-order valence-electron chi connectivity index (χ4n) is 1.90. The van der Waals surface area contributed by atoms with E-state index in [9.17, 15) is 4.79 Å². The Labute approximate surface area is 132 Å². The van der Waals surface area contributed by atoms with Gasteiger partial charge in [0.1, 0.15) is 5.75 Å². The van der Waals surface area contributed by atoms with Crippen LogP contribution in [0.1, 0.15) is 15.9 Å². The van der Waals surface area contributed by atoms with Crippen LogP contribution in [0.5, 0.6) is 5.75 Å². The zero-order valence-corrected chi connectivity index (χ0v) is 13.0. The Morgan fingerprint density at radius 1 is 1.24 bits per heavy atom. The van der Waals surface area contributed by atoms with Crippen molar-refractivity contribution in [3.63, 3.8) is 0 Å². The summed E-state index contributed by atoms with van der Waals surface area (Å²) in [5.74, 6) is 0.441. The van der Waals surface area contributed by atoms with E-state index >= 15 is 0 Å². The van der Waals surface area contributed by atoms with E-state index in [1.165, 1.54) is 12.1 Å². The number of benzene rings is 2. The van der Waals surface area contributed by atoms with Gasteiger partial charge < -0.3 is 15.8 Å². The fourth-order valence-corrected chi connectivity index (χ4v) is 2.24. The summed E-state index contributed by atoms with van der Waals surface area (Å²) < 4.78 is 5.17. The van der Waals surface area contributed by atoms with Gasteiger partial charge in [-0.15, -0.1) is 0 Å². The van der Waals surface area contributed by atoms with E-state index in [1.54, 1.807) is 19.2 Å². The number of nitrogens with one attached hydrogen (secondary N) is 1. The quantitative estimate of drug-likeness (QED) is 0.834. The lowest BCUT2D eigenvalue weighted by molar-refractivity contribution is 0.102.